The van der Waals surface area contributed by atoms with Crippen molar-refractivity contribution in [1.29, 1.82) is 0 Å². The van der Waals surface area contributed by atoms with Crippen molar-refractivity contribution in [2.45, 2.75) is 36.0 Å². The second-order valence-corrected chi connectivity index (χ2v) is 6.96. The van der Waals surface area contributed by atoms with Crippen LogP contribution in [0.1, 0.15) is 30.6 Å². The van der Waals surface area contributed by atoms with Crippen molar-refractivity contribution < 1.29 is 5.11 Å². The van der Waals surface area contributed by atoms with Gasteiger partial charge in [-0.15, -0.1) is 11.8 Å². The first kappa shape index (κ1) is 13.7. The third-order valence-electron chi connectivity index (χ3n) is 4.03. The molecule has 2 aromatic rings. The molecule has 0 amide bonds. The minimum atomic E-state index is -0.361. The molecule has 0 aromatic heterocycles. The Balaban J connectivity index is 1.62. The summed E-state index contributed by atoms with van der Waals surface area (Å²) in [4.78, 5) is 1.42. The molecule has 3 atom stereocenters. The smallest absolute Gasteiger partial charge is 0.0815 e. The maximum Gasteiger partial charge on any atom is 0.0815 e. The van der Waals surface area contributed by atoms with Crippen LogP contribution in [0.5, 0.6) is 0 Å². The molecular formula is C18H20OS. The molecule has 3 unspecified atom stereocenters. The molecule has 1 heterocycles. The van der Waals surface area contributed by atoms with Crippen LogP contribution in [0.15, 0.2) is 59.5 Å². The van der Waals surface area contributed by atoms with E-state index in [1.807, 2.05) is 42.1 Å². The molecule has 1 nitrogen and oxygen atoms in total. The van der Waals surface area contributed by atoms with Crippen molar-refractivity contribution in [3.8, 4) is 0 Å². The van der Waals surface area contributed by atoms with E-state index in [0.29, 0.717) is 5.25 Å². The van der Waals surface area contributed by atoms with Gasteiger partial charge in [0.1, 0.15) is 0 Å². The predicted molar refractivity (Wildman–Crippen MR) is 85.0 cm³/mol. The van der Waals surface area contributed by atoms with Crippen LogP contribution in [0.4, 0.5) is 0 Å². The van der Waals surface area contributed by atoms with Crippen LogP contribution in [0.2, 0.25) is 0 Å². The highest BCUT2D eigenvalue weighted by molar-refractivity contribution is 8.00. The average molecular weight is 284 g/mol. The third-order valence-corrected chi connectivity index (χ3v) is 5.37. The van der Waals surface area contributed by atoms with Gasteiger partial charge in [0.2, 0.25) is 0 Å². The molecule has 0 radical (unpaired) electrons. The van der Waals surface area contributed by atoms with Crippen molar-refractivity contribution in [1.82, 2.24) is 0 Å². The van der Waals surface area contributed by atoms with E-state index >= 15 is 0 Å². The fourth-order valence-corrected chi connectivity index (χ4v) is 4.39. The monoisotopic (exact) mass is 284 g/mol. The largest absolute Gasteiger partial charge is 0.388 e. The fraction of sp³-hybridized carbons (Fsp3) is 0.333. The molecule has 0 spiro atoms. The van der Waals surface area contributed by atoms with Gasteiger partial charge in [0.15, 0.2) is 0 Å². The van der Waals surface area contributed by atoms with Gasteiger partial charge in [-0.3, -0.25) is 0 Å². The Hall–Kier alpha value is -1.25. The van der Waals surface area contributed by atoms with E-state index in [4.69, 9.17) is 0 Å². The highest BCUT2D eigenvalue weighted by Gasteiger charge is 2.26. The fourth-order valence-electron chi connectivity index (χ4n) is 2.91. The molecule has 3 rings (SSSR count). The lowest BCUT2D eigenvalue weighted by atomic mass is 9.92. The van der Waals surface area contributed by atoms with Crippen LogP contribution in [0.3, 0.4) is 0 Å². The number of rotatable bonds is 4. The lowest BCUT2D eigenvalue weighted by Crippen LogP contribution is -2.15. The number of hydrogen-bond donors (Lipinski definition) is 1. The van der Waals surface area contributed by atoms with E-state index in [1.165, 1.54) is 10.5 Å². The van der Waals surface area contributed by atoms with Crippen molar-refractivity contribution in [2.75, 3.05) is 0 Å². The number of aliphatic hydroxyl groups is 1. The number of hydrogen-bond acceptors (Lipinski definition) is 2. The number of fused-ring (bicyclic) bond motifs is 1. The Morgan fingerprint density at radius 1 is 1.10 bits per heavy atom. The van der Waals surface area contributed by atoms with E-state index in [9.17, 15) is 5.11 Å². The van der Waals surface area contributed by atoms with Crippen molar-refractivity contribution in [2.24, 2.45) is 5.92 Å². The van der Waals surface area contributed by atoms with Crippen LogP contribution in [0, 0.1) is 5.92 Å². The summed E-state index contributed by atoms with van der Waals surface area (Å²) < 4.78 is 0. The normalized spacial score (nSPS) is 20.4. The standard InChI is InChI=1S/C18H20OS/c1-13(18(19)14-7-3-2-4-8-14)11-16-12-15-9-5-6-10-17(15)20-16/h2-10,13,16,18-19H,11-12H2,1H3. The number of thioether (sulfide) groups is 1. The SMILES string of the molecule is CC(CC1Cc2ccccc2S1)C(O)c1ccccc1. The summed E-state index contributed by atoms with van der Waals surface area (Å²) in [6.07, 6.45) is 1.82. The zero-order valence-corrected chi connectivity index (χ0v) is 12.5. The van der Waals surface area contributed by atoms with Crippen molar-refractivity contribution in [3.05, 3.63) is 65.7 Å². The molecule has 0 fully saturated rings. The van der Waals surface area contributed by atoms with Gasteiger partial charge in [0, 0.05) is 10.1 Å². The summed E-state index contributed by atoms with van der Waals surface area (Å²) in [5.74, 6) is 0.282. The zero-order valence-electron chi connectivity index (χ0n) is 11.7. The van der Waals surface area contributed by atoms with E-state index in [1.54, 1.807) is 0 Å². The molecule has 2 aromatic carbocycles. The van der Waals surface area contributed by atoms with Crippen LogP contribution >= 0.6 is 11.8 Å². The molecule has 0 bridgehead atoms. The summed E-state index contributed by atoms with van der Waals surface area (Å²) in [5, 5.41) is 11.1. The van der Waals surface area contributed by atoms with E-state index in [0.717, 1.165) is 18.4 Å². The van der Waals surface area contributed by atoms with Crippen LogP contribution in [0.25, 0.3) is 0 Å². The second-order valence-electron chi connectivity index (χ2n) is 5.62. The highest BCUT2D eigenvalue weighted by Crippen LogP contribution is 2.41. The lowest BCUT2D eigenvalue weighted by Gasteiger charge is -2.21. The van der Waals surface area contributed by atoms with Crippen LogP contribution in [-0.4, -0.2) is 10.4 Å². The summed E-state index contributed by atoms with van der Waals surface area (Å²) in [7, 11) is 0. The minimum absolute atomic E-state index is 0.282. The maximum atomic E-state index is 10.5. The Labute approximate surface area is 125 Å². The van der Waals surface area contributed by atoms with Crippen LogP contribution in [-0.2, 0) is 6.42 Å². The van der Waals surface area contributed by atoms with Crippen molar-refractivity contribution in [3.63, 3.8) is 0 Å². The molecule has 20 heavy (non-hydrogen) atoms. The molecule has 1 N–H and O–H groups in total. The molecule has 1 aliphatic heterocycles. The van der Waals surface area contributed by atoms with Gasteiger partial charge in [-0.25, -0.2) is 0 Å². The first-order valence-corrected chi connectivity index (χ1v) is 8.09. The quantitative estimate of drug-likeness (QED) is 0.894. The average Bonchev–Trinajstić information content (AvgIpc) is 2.89. The topological polar surface area (TPSA) is 20.2 Å². The molecule has 0 saturated heterocycles. The third kappa shape index (κ3) is 2.92. The predicted octanol–water partition coefficient (Wildman–Crippen LogP) is 4.46. The van der Waals surface area contributed by atoms with E-state index in [-0.39, 0.29) is 12.0 Å². The molecular weight excluding hydrogens is 264 g/mol. The van der Waals surface area contributed by atoms with Gasteiger partial charge < -0.3 is 5.11 Å². The Morgan fingerprint density at radius 3 is 2.55 bits per heavy atom. The van der Waals surface area contributed by atoms with Crippen molar-refractivity contribution >= 4 is 11.8 Å². The van der Waals surface area contributed by atoms with E-state index < -0.39 is 0 Å². The highest BCUT2D eigenvalue weighted by atomic mass is 32.2. The molecule has 0 saturated carbocycles. The Kier molecular flexibility index (Phi) is 4.13. The Morgan fingerprint density at radius 2 is 1.80 bits per heavy atom. The number of benzene rings is 2. The summed E-state index contributed by atoms with van der Waals surface area (Å²) in [5.41, 5.74) is 2.49. The first-order chi connectivity index (χ1) is 9.74. The van der Waals surface area contributed by atoms with Crippen LogP contribution < -0.4 is 0 Å². The molecule has 1 aliphatic rings. The summed E-state index contributed by atoms with van der Waals surface area (Å²) in [6.45, 7) is 2.15. The van der Waals surface area contributed by atoms with Gasteiger partial charge in [-0.2, -0.15) is 0 Å². The lowest BCUT2D eigenvalue weighted by molar-refractivity contribution is 0.112. The van der Waals surface area contributed by atoms with Gasteiger partial charge in [0.05, 0.1) is 6.10 Å². The molecule has 104 valence electrons. The van der Waals surface area contributed by atoms with Gasteiger partial charge in [-0.1, -0.05) is 55.5 Å². The summed E-state index contributed by atoms with van der Waals surface area (Å²) >= 11 is 1.97. The Bertz CT molecular complexity index is 542. The maximum absolute atomic E-state index is 10.5. The summed E-state index contributed by atoms with van der Waals surface area (Å²) in [6, 6.07) is 18.6. The van der Waals surface area contributed by atoms with Gasteiger partial charge in [-0.05, 0) is 36.0 Å². The second kappa shape index (κ2) is 6.02. The van der Waals surface area contributed by atoms with E-state index in [2.05, 4.69) is 31.2 Å². The van der Waals surface area contributed by atoms with Gasteiger partial charge in [0.25, 0.3) is 0 Å². The zero-order chi connectivity index (χ0) is 13.9. The number of aliphatic hydroxyl groups excluding tert-OH is 1. The molecule has 2 heteroatoms. The van der Waals surface area contributed by atoms with Gasteiger partial charge >= 0.3 is 0 Å². The minimum Gasteiger partial charge on any atom is -0.388 e. The molecule has 0 aliphatic carbocycles. The first-order valence-electron chi connectivity index (χ1n) is 7.21.